The van der Waals surface area contributed by atoms with E-state index >= 15 is 0 Å². The average molecular weight is 408 g/mol. The van der Waals surface area contributed by atoms with Crippen molar-refractivity contribution in [3.05, 3.63) is 54.2 Å². The van der Waals surface area contributed by atoms with Crippen molar-refractivity contribution in [2.45, 2.75) is 38.7 Å². The zero-order valence-electron chi connectivity index (χ0n) is 16.8. The van der Waals surface area contributed by atoms with Gasteiger partial charge in [-0.1, -0.05) is 11.2 Å². The number of carbonyl (C=O) groups excluding carboxylic acids is 1. The van der Waals surface area contributed by atoms with Crippen LogP contribution in [-0.2, 0) is 16.0 Å². The SMILES string of the molecule is Cc1ccc(NC(=O)CCc2nc(-c3ccncc3)no2)c(OCC2CCCO2)c1. The number of benzene rings is 1. The quantitative estimate of drug-likeness (QED) is 0.608. The summed E-state index contributed by atoms with van der Waals surface area (Å²) in [4.78, 5) is 20.8. The van der Waals surface area contributed by atoms with Crippen molar-refractivity contribution >= 4 is 11.6 Å². The summed E-state index contributed by atoms with van der Waals surface area (Å²) in [7, 11) is 0. The molecule has 2 aromatic heterocycles. The Kier molecular flexibility index (Phi) is 6.34. The molecule has 1 aliphatic heterocycles. The van der Waals surface area contributed by atoms with Gasteiger partial charge in [0.1, 0.15) is 12.4 Å². The third-order valence-corrected chi connectivity index (χ3v) is 4.83. The van der Waals surface area contributed by atoms with Gasteiger partial charge in [0.05, 0.1) is 11.8 Å². The highest BCUT2D eigenvalue weighted by molar-refractivity contribution is 5.92. The molecule has 0 aliphatic carbocycles. The Balaban J connectivity index is 1.33. The number of aromatic nitrogens is 3. The first-order valence-corrected chi connectivity index (χ1v) is 10.1. The molecular weight excluding hydrogens is 384 g/mol. The van der Waals surface area contributed by atoms with Crippen LogP contribution in [-0.4, -0.2) is 40.3 Å². The summed E-state index contributed by atoms with van der Waals surface area (Å²) in [5.74, 6) is 1.40. The predicted molar refractivity (Wildman–Crippen MR) is 110 cm³/mol. The van der Waals surface area contributed by atoms with Gasteiger partial charge in [0, 0.05) is 37.4 Å². The zero-order chi connectivity index (χ0) is 20.8. The molecule has 156 valence electrons. The van der Waals surface area contributed by atoms with Crippen LogP contribution >= 0.6 is 0 Å². The van der Waals surface area contributed by atoms with Gasteiger partial charge < -0.3 is 19.3 Å². The van der Waals surface area contributed by atoms with Gasteiger partial charge in [0.25, 0.3) is 0 Å². The molecule has 0 bridgehead atoms. The lowest BCUT2D eigenvalue weighted by Crippen LogP contribution is -2.18. The van der Waals surface area contributed by atoms with E-state index in [4.69, 9.17) is 14.0 Å². The molecule has 0 saturated carbocycles. The summed E-state index contributed by atoms with van der Waals surface area (Å²) >= 11 is 0. The topological polar surface area (TPSA) is 99.4 Å². The smallest absolute Gasteiger partial charge is 0.227 e. The molecule has 0 radical (unpaired) electrons. The zero-order valence-corrected chi connectivity index (χ0v) is 16.8. The van der Waals surface area contributed by atoms with Crippen LogP contribution in [0.5, 0.6) is 5.75 Å². The van der Waals surface area contributed by atoms with Crippen molar-refractivity contribution in [3.8, 4) is 17.1 Å². The first kappa shape index (κ1) is 20.0. The monoisotopic (exact) mass is 408 g/mol. The van der Waals surface area contributed by atoms with Crippen LogP contribution in [0.2, 0.25) is 0 Å². The summed E-state index contributed by atoms with van der Waals surface area (Å²) < 4.78 is 16.8. The Morgan fingerprint density at radius 1 is 1.27 bits per heavy atom. The van der Waals surface area contributed by atoms with Crippen LogP contribution < -0.4 is 10.1 Å². The van der Waals surface area contributed by atoms with E-state index < -0.39 is 0 Å². The molecule has 3 heterocycles. The number of nitrogens with one attached hydrogen (secondary N) is 1. The van der Waals surface area contributed by atoms with Crippen molar-refractivity contribution in [1.82, 2.24) is 15.1 Å². The number of hydrogen-bond donors (Lipinski definition) is 1. The molecular formula is C22H24N4O4. The number of rotatable bonds is 8. The number of anilines is 1. The van der Waals surface area contributed by atoms with E-state index in [9.17, 15) is 4.79 Å². The largest absolute Gasteiger partial charge is 0.489 e. The van der Waals surface area contributed by atoms with E-state index in [1.165, 1.54) is 0 Å². The number of aryl methyl sites for hydroxylation is 2. The lowest BCUT2D eigenvalue weighted by atomic mass is 10.2. The highest BCUT2D eigenvalue weighted by atomic mass is 16.5. The minimum atomic E-state index is -0.149. The van der Waals surface area contributed by atoms with E-state index in [1.807, 2.05) is 25.1 Å². The second-order valence-electron chi connectivity index (χ2n) is 7.24. The Morgan fingerprint density at radius 3 is 2.93 bits per heavy atom. The van der Waals surface area contributed by atoms with Crippen LogP contribution in [0.3, 0.4) is 0 Å². The van der Waals surface area contributed by atoms with E-state index in [2.05, 4.69) is 20.4 Å². The molecule has 3 aromatic rings. The van der Waals surface area contributed by atoms with Gasteiger partial charge >= 0.3 is 0 Å². The Morgan fingerprint density at radius 2 is 2.13 bits per heavy atom. The average Bonchev–Trinajstić information content (AvgIpc) is 3.45. The molecule has 8 heteroatoms. The van der Waals surface area contributed by atoms with Crippen LogP contribution in [0, 0.1) is 6.92 Å². The maximum atomic E-state index is 12.5. The fourth-order valence-electron chi connectivity index (χ4n) is 3.22. The first-order valence-electron chi connectivity index (χ1n) is 10.1. The fourth-order valence-corrected chi connectivity index (χ4v) is 3.22. The molecule has 30 heavy (non-hydrogen) atoms. The van der Waals surface area contributed by atoms with Crippen molar-refractivity contribution in [3.63, 3.8) is 0 Å². The number of hydrogen-bond acceptors (Lipinski definition) is 7. The molecule has 1 fully saturated rings. The first-order chi connectivity index (χ1) is 14.7. The highest BCUT2D eigenvalue weighted by Crippen LogP contribution is 2.27. The number of pyridine rings is 1. The summed E-state index contributed by atoms with van der Waals surface area (Å²) in [6, 6.07) is 9.32. The number of amides is 1. The van der Waals surface area contributed by atoms with E-state index in [0.29, 0.717) is 36.2 Å². The normalized spacial score (nSPS) is 15.8. The third kappa shape index (κ3) is 5.21. The second kappa shape index (κ2) is 9.49. The Bertz CT molecular complexity index is 984. The molecule has 8 nitrogen and oxygen atoms in total. The summed E-state index contributed by atoms with van der Waals surface area (Å²) in [6.45, 7) is 3.25. The van der Waals surface area contributed by atoms with E-state index in [1.54, 1.807) is 24.5 Å². The minimum absolute atomic E-state index is 0.112. The van der Waals surface area contributed by atoms with Gasteiger partial charge in [0.2, 0.25) is 17.6 Å². The van der Waals surface area contributed by atoms with Crippen LogP contribution in [0.4, 0.5) is 5.69 Å². The molecule has 1 saturated heterocycles. The van der Waals surface area contributed by atoms with Crippen molar-refractivity contribution < 1.29 is 18.8 Å². The minimum Gasteiger partial charge on any atom is -0.489 e. The second-order valence-corrected chi connectivity index (χ2v) is 7.24. The summed E-state index contributed by atoms with van der Waals surface area (Å²) in [5.41, 5.74) is 2.52. The van der Waals surface area contributed by atoms with Crippen LogP contribution in [0.1, 0.15) is 30.7 Å². The number of carbonyl (C=O) groups is 1. The molecule has 4 rings (SSSR count). The lowest BCUT2D eigenvalue weighted by Gasteiger charge is -2.16. The van der Waals surface area contributed by atoms with Crippen molar-refractivity contribution in [2.24, 2.45) is 0 Å². The molecule has 1 atom stereocenters. The fraction of sp³-hybridized carbons (Fsp3) is 0.364. The standard InChI is InChI=1S/C22H24N4O4/c1-15-4-5-18(19(13-15)29-14-17-3-2-12-28-17)24-20(27)6-7-21-25-22(26-30-21)16-8-10-23-11-9-16/h4-5,8-11,13,17H,2-3,6-7,12,14H2,1H3,(H,24,27). The van der Waals surface area contributed by atoms with Gasteiger partial charge in [-0.05, 0) is 49.6 Å². The van der Waals surface area contributed by atoms with Gasteiger partial charge in [-0.25, -0.2) is 0 Å². The van der Waals surface area contributed by atoms with Crippen molar-refractivity contribution in [2.75, 3.05) is 18.5 Å². The Labute approximate surface area is 174 Å². The van der Waals surface area contributed by atoms with Crippen molar-refractivity contribution in [1.29, 1.82) is 0 Å². The van der Waals surface area contributed by atoms with Gasteiger partial charge in [-0.15, -0.1) is 0 Å². The third-order valence-electron chi connectivity index (χ3n) is 4.83. The Hall–Kier alpha value is -3.26. The molecule has 1 unspecified atom stereocenters. The van der Waals surface area contributed by atoms with E-state index in [0.717, 1.165) is 30.6 Å². The van der Waals surface area contributed by atoms with Gasteiger partial charge in [-0.2, -0.15) is 4.98 Å². The number of nitrogens with zero attached hydrogens (tertiary/aromatic N) is 3. The number of ether oxygens (including phenoxy) is 2. The van der Waals surface area contributed by atoms with Gasteiger partial charge in [-0.3, -0.25) is 9.78 Å². The molecule has 1 aliphatic rings. The molecule has 1 N–H and O–H groups in total. The highest BCUT2D eigenvalue weighted by Gasteiger charge is 2.18. The van der Waals surface area contributed by atoms with E-state index in [-0.39, 0.29) is 18.4 Å². The molecule has 0 spiro atoms. The predicted octanol–water partition coefficient (Wildman–Crippen LogP) is 3.57. The molecule has 1 aromatic carbocycles. The van der Waals surface area contributed by atoms with Crippen LogP contribution in [0.15, 0.2) is 47.2 Å². The summed E-state index contributed by atoms with van der Waals surface area (Å²) in [5, 5.41) is 6.88. The lowest BCUT2D eigenvalue weighted by molar-refractivity contribution is -0.116. The summed E-state index contributed by atoms with van der Waals surface area (Å²) in [6.07, 6.45) is 6.07. The van der Waals surface area contributed by atoms with Crippen LogP contribution in [0.25, 0.3) is 11.4 Å². The maximum Gasteiger partial charge on any atom is 0.227 e. The molecule has 1 amide bonds. The maximum absolute atomic E-state index is 12.5. The van der Waals surface area contributed by atoms with Gasteiger partial charge in [0.15, 0.2) is 0 Å².